The number of methoxy groups -OCH3 is 1. The van der Waals surface area contributed by atoms with Crippen molar-refractivity contribution in [3.05, 3.63) is 78.2 Å². The molecule has 0 unspecified atom stereocenters. The molecule has 1 aliphatic rings. The number of amides is 2. The van der Waals surface area contributed by atoms with Crippen LogP contribution in [-0.2, 0) is 0 Å². The molecule has 2 N–H and O–H groups in total. The number of hydrogen-bond donors (Lipinski definition) is 2. The number of nitrogens with one attached hydrogen (secondary N) is 2. The third-order valence-corrected chi connectivity index (χ3v) is 5.72. The van der Waals surface area contributed by atoms with E-state index in [1.807, 2.05) is 6.92 Å². The fraction of sp³-hybridized carbons (Fsp3) is 0.185. The summed E-state index contributed by atoms with van der Waals surface area (Å²) in [5.41, 5.74) is 2.04. The topological polar surface area (TPSA) is 90.9 Å². The molecular formula is C27H24FN3O5. The Morgan fingerprint density at radius 2 is 1.72 bits per heavy atom. The molecular weight excluding hydrogens is 465 g/mol. The van der Waals surface area contributed by atoms with Gasteiger partial charge in [-0.2, -0.15) is 0 Å². The SMILES string of the molecule is COc1cc2nccc(Oc3ccc(NC(=O)N[C@@H](C)c4ccc(F)cc4)cc3)c2c2c1OCCO2. The Balaban J connectivity index is 1.30. The summed E-state index contributed by atoms with van der Waals surface area (Å²) in [4.78, 5) is 16.8. The molecule has 0 spiro atoms. The number of urea groups is 1. The molecule has 5 rings (SSSR count). The van der Waals surface area contributed by atoms with Gasteiger partial charge in [-0.15, -0.1) is 0 Å². The van der Waals surface area contributed by atoms with Crippen LogP contribution in [0.25, 0.3) is 10.9 Å². The minimum Gasteiger partial charge on any atom is -0.493 e. The van der Waals surface area contributed by atoms with Crippen molar-refractivity contribution in [1.82, 2.24) is 10.3 Å². The smallest absolute Gasteiger partial charge is 0.319 e. The molecule has 8 nitrogen and oxygen atoms in total. The zero-order valence-corrected chi connectivity index (χ0v) is 19.7. The normalized spacial score (nSPS) is 13.1. The molecule has 0 bridgehead atoms. The van der Waals surface area contributed by atoms with E-state index in [4.69, 9.17) is 18.9 Å². The molecule has 36 heavy (non-hydrogen) atoms. The van der Waals surface area contributed by atoms with Crippen LogP contribution in [0.1, 0.15) is 18.5 Å². The van der Waals surface area contributed by atoms with Gasteiger partial charge in [-0.25, -0.2) is 9.18 Å². The molecule has 4 aromatic rings. The van der Waals surface area contributed by atoms with Crippen LogP contribution in [0.15, 0.2) is 66.9 Å². The van der Waals surface area contributed by atoms with Crippen molar-refractivity contribution in [2.75, 3.05) is 25.6 Å². The summed E-state index contributed by atoms with van der Waals surface area (Å²) in [6.07, 6.45) is 1.65. The Hall–Kier alpha value is -4.53. The highest BCUT2D eigenvalue weighted by Crippen LogP contribution is 2.48. The average Bonchev–Trinajstić information content (AvgIpc) is 2.89. The number of halogens is 1. The highest BCUT2D eigenvalue weighted by molar-refractivity contribution is 5.95. The molecule has 3 aromatic carbocycles. The van der Waals surface area contributed by atoms with Crippen LogP contribution in [0.3, 0.4) is 0 Å². The molecule has 2 amide bonds. The number of ether oxygens (including phenoxy) is 4. The van der Waals surface area contributed by atoms with Crippen LogP contribution in [0.2, 0.25) is 0 Å². The van der Waals surface area contributed by atoms with Crippen LogP contribution < -0.4 is 29.6 Å². The fourth-order valence-electron chi connectivity index (χ4n) is 3.94. The average molecular weight is 490 g/mol. The van der Waals surface area contributed by atoms with Gasteiger partial charge in [-0.05, 0) is 55.0 Å². The highest BCUT2D eigenvalue weighted by atomic mass is 19.1. The maximum atomic E-state index is 13.1. The Labute approximate surface area is 207 Å². The van der Waals surface area contributed by atoms with Gasteiger partial charge in [-0.3, -0.25) is 4.98 Å². The predicted octanol–water partition coefficient (Wildman–Crippen LogP) is 5.83. The lowest BCUT2D eigenvalue weighted by Crippen LogP contribution is -2.31. The van der Waals surface area contributed by atoms with Gasteiger partial charge in [0.1, 0.15) is 30.5 Å². The van der Waals surface area contributed by atoms with Crippen molar-refractivity contribution in [3.63, 3.8) is 0 Å². The van der Waals surface area contributed by atoms with Gasteiger partial charge in [0, 0.05) is 18.0 Å². The number of carbonyl (C=O) groups is 1. The molecule has 0 saturated carbocycles. The van der Waals surface area contributed by atoms with E-state index in [1.165, 1.54) is 12.1 Å². The number of hydrogen-bond acceptors (Lipinski definition) is 6. The Morgan fingerprint density at radius 1 is 1.00 bits per heavy atom. The Kier molecular flexibility index (Phi) is 6.44. The van der Waals surface area contributed by atoms with E-state index >= 15 is 0 Å². The number of pyridine rings is 1. The number of rotatable bonds is 6. The third-order valence-electron chi connectivity index (χ3n) is 5.72. The summed E-state index contributed by atoms with van der Waals surface area (Å²) >= 11 is 0. The Morgan fingerprint density at radius 3 is 2.44 bits per heavy atom. The summed E-state index contributed by atoms with van der Waals surface area (Å²) in [7, 11) is 1.57. The van der Waals surface area contributed by atoms with E-state index in [9.17, 15) is 9.18 Å². The first-order valence-electron chi connectivity index (χ1n) is 11.4. The molecule has 0 saturated heterocycles. The summed E-state index contributed by atoms with van der Waals surface area (Å²) < 4.78 is 36.4. The van der Waals surface area contributed by atoms with E-state index in [-0.39, 0.29) is 17.9 Å². The second-order valence-corrected chi connectivity index (χ2v) is 8.14. The number of anilines is 1. The monoisotopic (exact) mass is 489 g/mol. The van der Waals surface area contributed by atoms with Crippen molar-refractivity contribution >= 4 is 22.6 Å². The first kappa shape index (κ1) is 23.2. The molecule has 0 fully saturated rings. The van der Waals surface area contributed by atoms with Gasteiger partial charge < -0.3 is 29.6 Å². The summed E-state index contributed by atoms with van der Waals surface area (Å²) in [5, 5.41) is 6.30. The number of aromatic nitrogens is 1. The molecule has 1 aliphatic heterocycles. The van der Waals surface area contributed by atoms with Crippen molar-refractivity contribution in [2.45, 2.75) is 13.0 Å². The van der Waals surface area contributed by atoms with Crippen molar-refractivity contribution in [3.8, 4) is 28.7 Å². The molecule has 0 aliphatic carbocycles. The lowest BCUT2D eigenvalue weighted by molar-refractivity contribution is 0.167. The molecule has 2 heterocycles. The van der Waals surface area contributed by atoms with Crippen LogP contribution in [-0.4, -0.2) is 31.3 Å². The van der Waals surface area contributed by atoms with Crippen molar-refractivity contribution in [2.24, 2.45) is 0 Å². The molecule has 9 heteroatoms. The van der Waals surface area contributed by atoms with E-state index in [2.05, 4.69) is 15.6 Å². The standard InChI is InChI=1S/C27H24FN3O5/c1-16(17-3-5-18(28)6-4-17)30-27(32)31-19-7-9-20(10-8-19)36-22-11-12-29-21-15-23(33-2)25-26(24(21)22)35-14-13-34-25/h3-12,15-16H,13-14H2,1-2H3,(H2,30,31,32)/t16-/m0/s1. The van der Waals surface area contributed by atoms with Crippen LogP contribution >= 0.6 is 0 Å². The maximum Gasteiger partial charge on any atom is 0.319 e. The molecule has 184 valence electrons. The van der Waals surface area contributed by atoms with Gasteiger partial charge in [0.25, 0.3) is 0 Å². The maximum absolute atomic E-state index is 13.1. The van der Waals surface area contributed by atoms with Crippen molar-refractivity contribution in [1.29, 1.82) is 0 Å². The second-order valence-electron chi connectivity index (χ2n) is 8.14. The molecule has 1 aromatic heterocycles. The number of nitrogens with zero attached hydrogens (tertiary/aromatic N) is 1. The summed E-state index contributed by atoms with van der Waals surface area (Å²) in [6, 6.07) is 15.8. The number of fused-ring (bicyclic) bond motifs is 3. The van der Waals surface area contributed by atoms with Crippen LogP contribution in [0.5, 0.6) is 28.7 Å². The van der Waals surface area contributed by atoms with E-state index in [0.717, 1.165) is 5.56 Å². The summed E-state index contributed by atoms with van der Waals surface area (Å²) in [5.74, 6) is 2.39. The van der Waals surface area contributed by atoms with Gasteiger partial charge in [-0.1, -0.05) is 12.1 Å². The van der Waals surface area contributed by atoms with Gasteiger partial charge in [0.15, 0.2) is 11.5 Å². The zero-order valence-electron chi connectivity index (χ0n) is 19.7. The van der Waals surface area contributed by atoms with Gasteiger partial charge in [0.05, 0.1) is 24.1 Å². The third kappa shape index (κ3) is 4.81. The van der Waals surface area contributed by atoms with E-state index in [0.29, 0.717) is 58.6 Å². The number of benzene rings is 3. The van der Waals surface area contributed by atoms with Crippen LogP contribution in [0.4, 0.5) is 14.9 Å². The zero-order chi connectivity index (χ0) is 25.1. The van der Waals surface area contributed by atoms with Crippen molar-refractivity contribution < 1.29 is 28.1 Å². The summed E-state index contributed by atoms with van der Waals surface area (Å²) in [6.45, 7) is 2.66. The Bertz CT molecular complexity index is 1390. The van der Waals surface area contributed by atoms with E-state index < -0.39 is 0 Å². The highest BCUT2D eigenvalue weighted by Gasteiger charge is 2.24. The lowest BCUT2D eigenvalue weighted by Gasteiger charge is -2.23. The minimum absolute atomic E-state index is 0.288. The first-order valence-corrected chi connectivity index (χ1v) is 11.4. The quantitative estimate of drug-likeness (QED) is 0.354. The largest absolute Gasteiger partial charge is 0.493 e. The molecule has 1 atom stereocenters. The second kappa shape index (κ2) is 9.99. The van der Waals surface area contributed by atoms with Gasteiger partial charge >= 0.3 is 6.03 Å². The fourth-order valence-corrected chi connectivity index (χ4v) is 3.94. The first-order chi connectivity index (χ1) is 17.5. The van der Waals surface area contributed by atoms with Crippen LogP contribution in [0, 0.1) is 5.82 Å². The molecule has 0 radical (unpaired) electrons. The van der Waals surface area contributed by atoms with Gasteiger partial charge in [0.2, 0.25) is 5.75 Å². The lowest BCUT2D eigenvalue weighted by atomic mass is 10.1. The number of carbonyl (C=O) groups excluding carboxylic acids is 1. The van der Waals surface area contributed by atoms with E-state index in [1.54, 1.807) is 61.8 Å². The minimum atomic E-state index is -0.377. The predicted molar refractivity (Wildman–Crippen MR) is 133 cm³/mol.